The van der Waals surface area contributed by atoms with Crippen molar-refractivity contribution in [1.29, 1.82) is 0 Å². The van der Waals surface area contributed by atoms with E-state index < -0.39 is 22.0 Å². The lowest BCUT2D eigenvalue weighted by Crippen LogP contribution is -2.45. The largest absolute Gasteiger partial charge is 0.324 e. The zero-order valence-electron chi connectivity index (χ0n) is 15.2. The molecule has 0 spiro atoms. The highest BCUT2D eigenvalue weighted by Crippen LogP contribution is 2.24. The molecule has 2 aromatic carbocycles. The first-order valence-electron chi connectivity index (χ1n) is 8.25. The molecule has 0 radical (unpaired) electrons. The van der Waals surface area contributed by atoms with Gasteiger partial charge in [-0.2, -0.15) is 0 Å². The van der Waals surface area contributed by atoms with E-state index in [1.807, 2.05) is 24.3 Å². The molecule has 26 heavy (non-hydrogen) atoms. The van der Waals surface area contributed by atoms with Crippen LogP contribution in [0, 0.1) is 0 Å². The van der Waals surface area contributed by atoms with Gasteiger partial charge in [0.25, 0.3) is 0 Å². The maximum Gasteiger partial charge on any atom is 0.247 e. The van der Waals surface area contributed by atoms with Gasteiger partial charge in [-0.1, -0.05) is 37.6 Å². The van der Waals surface area contributed by atoms with Crippen LogP contribution in [0.15, 0.2) is 48.5 Å². The number of benzene rings is 2. The summed E-state index contributed by atoms with van der Waals surface area (Å²) in [7, 11) is -3.66. The molecule has 7 heteroatoms. The molecule has 0 saturated heterocycles. The summed E-state index contributed by atoms with van der Waals surface area (Å²) in [6.07, 6.45) is 1.07. The Morgan fingerprint density at radius 2 is 1.54 bits per heavy atom. The van der Waals surface area contributed by atoms with Crippen molar-refractivity contribution in [3.05, 3.63) is 59.1 Å². The smallest absolute Gasteiger partial charge is 0.247 e. The van der Waals surface area contributed by atoms with Crippen LogP contribution in [0.25, 0.3) is 0 Å². The van der Waals surface area contributed by atoms with Gasteiger partial charge in [0.05, 0.1) is 11.9 Å². The number of nitrogens with one attached hydrogen (secondary N) is 1. The molecule has 140 valence electrons. The van der Waals surface area contributed by atoms with Gasteiger partial charge < -0.3 is 5.32 Å². The second kappa shape index (κ2) is 8.10. The number of amides is 1. The molecule has 0 fully saturated rings. The zero-order valence-corrected chi connectivity index (χ0v) is 16.8. The third kappa shape index (κ3) is 4.99. The second-order valence-electron chi connectivity index (χ2n) is 6.48. The number of sulfonamides is 1. The van der Waals surface area contributed by atoms with Gasteiger partial charge in [0.1, 0.15) is 6.04 Å². The number of nitrogens with zero attached hydrogens (tertiary/aromatic N) is 1. The molecule has 2 aromatic rings. The monoisotopic (exact) mass is 394 g/mol. The van der Waals surface area contributed by atoms with E-state index in [0.29, 0.717) is 22.3 Å². The normalized spacial score (nSPS) is 12.7. The Bertz CT molecular complexity index is 863. The maximum atomic E-state index is 12.6. The first kappa shape index (κ1) is 20.3. The summed E-state index contributed by atoms with van der Waals surface area (Å²) in [6, 6.07) is 12.9. The van der Waals surface area contributed by atoms with Crippen molar-refractivity contribution in [2.45, 2.75) is 32.7 Å². The second-order valence-corrected chi connectivity index (χ2v) is 8.77. The number of rotatable bonds is 6. The lowest BCUT2D eigenvalue weighted by molar-refractivity contribution is -0.116. The first-order valence-corrected chi connectivity index (χ1v) is 10.5. The summed E-state index contributed by atoms with van der Waals surface area (Å²) in [5, 5.41) is 3.26. The first-order chi connectivity index (χ1) is 12.1. The highest BCUT2D eigenvalue weighted by Gasteiger charge is 2.29. The molecular formula is C19H23ClN2O3S. The molecule has 1 N–H and O–H groups in total. The van der Waals surface area contributed by atoms with Crippen LogP contribution in [0.5, 0.6) is 0 Å². The average molecular weight is 395 g/mol. The molecule has 0 aliphatic carbocycles. The van der Waals surface area contributed by atoms with Gasteiger partial charge in [-0.3, -0.25) is 9.10 Å². The van der Waals surface area contributed by atoms with Crippen molar-refractivity contribution >= 4 is 38.9 Å². The molecule has 0 bridgehead atoms. The number of carbonyl (C=O) groups is 1. The maximum absolute atomic E-state index is 12.6. The minimum atomic E-state index is -3.66. The van der Waals surface area contributed by atoms with Crippen LogP contribution in [-0.4, -0.2) is 26.6 Å². The Kier molecular flexibility index (Phi) is 6.31. The Morgan fingerprint density at radius 3 is 2.00 bits per heavy atom. The topological polar surface area (TPSA) is 66.5 Å². The minimum Gasteiger partial charge on any atom is -0.324 e. The van der Waals surface area contributed by atoms with Crippen LogP contribution in [0.1, 0.15) is 32.3 Å². The fourth-order valence-electron chi connectivity index (χ4n) is 2.59. The van der Waals surface area contributed by atoms with Crippen LogP contribution >= 0.6 is 11.6 Å². The van der Waals surface area contributed by atoms with Gasteiger partial charge in [-0.15, -0.1) is 0 Å². The fourth-order valence-corrected chi connectivity index (χ4v) is 3.90. The van der Waals surface area contributed by atoms with E-state index in [0.717, 1.165) is 16.1 Å². The van der Waals surface area contributed by atoms with Crippen molar-refractivity contribution < 1.29 is 13.2 Å². The molecular weight excluding hydrogens is 372 g/mol. The van der Waals surface area contributed by atoms with Gasteiger partial charge in [-0.05, 0) is 54.8 Å². The van der Waals surface area contributed by atoms with Crippen molar-refractivity contribution in [1.82, 2.24) is 0 Å². The van der Waals surface area contributed by atoms with Crippen LogP contribution in [0.2, 0.25) is 5.02 Å². The highest BCUT2D eigenvalue weighted by atomic mass is 35.5. The molecule has 2 rings (SSSR count). The predicted molar refractivity (Wildman–Crippen MR) is 107 cm³/mol. The summed E-state index contributed by atoms with van der Waals surface area (Å²) in [4.78, 5) is 12.6. The molecule has 0 aliphatic heterocycles. The number of carbonyl (C=O) groups excluding carboxylic acids is 1. The molecule has 0 aliphatic rings. The van der Waals surface area contributed by atoms with Crippen molar-refractivity contribution in [2.24, 2.45) is 0 Å². The van der Waals surface area contributed by atoms with Crippen molar-refractivity contribution in [3.8, 4) is 0 Å². The minimum absolute atomic E-state index is 0.384. The Labute approximate surface area is 160 Å². The molecule has 0 heterocycles. The highest BCUT2D eigenvalue weighted by molar-refractivity contribution is 7.92. The summed E-state index contributed by atoms with van der Waals surface area (Å²) in [6.45, 7) is 5.73. The van der Waals surface area contributed by atoms with E-state index in [9.17, 15) is 13.2 Å². The number of hydrogen-bond acceptors (Lipinski definition) is 3. The van der Waals surface area contributed by atoms with E-state index in [2.05, 4.69) is 19.2 Å². The SMILES string of the molecule is CC(C)c1ccc(NC(=O)C(C)N(c2ccc(Cl)cc2)S(C)(=O)=O)cc1. The van der Waals surface area contributed by atoms with Gasteiger partial charge in [0.2, 0.25) is 15.9 Å². The third-order valence-electron chi connectivity index (χ3n) is 4.01. The molecule has 0 aromatic heterocycles. The third-order valence-corrected chi connectivity index (χ3v) is 5.51. The lowest BCUT2D eigenvalue weighted by Gasteiger charge is -2.28. The van der Waals surface area contributed by atoms with E-state index in [1.54, 1.807) is 31.2 Å². The Morgan fingerprint density at radius 1 is 1.00 bits per heavy atom. The summed E-state index contributed by atoms with van der Waals surface area (Å²) in [5.41, 5.74) is 2.17. The fraction of sp³-hybridized carbons (Fsp3) is 0.316. The molecule has 0 saturated carbocycles. The van der Waals surface area contributed by atoms with Crippen LogP contribution < -0.4 is 9.62 Å². The van der Waals surface area contributed by atoms with Crippen LogP contribution in [-0.2, 0) is 14.8 Å². The summed E-state index contributed by atoms with van der Waals surface area (Å²) >= 11 is 5.87. The number of hydrogen-bond donors (Lipinski definition) is 1. The van der Waals surface area contributed by atoms with Crippen LogP contribution in [0.4, 0.5) is 11.4 Å². The molecule has 1 amide bonds. The Hall–Kier alpha value is -2.05. The number of anilines is 2. The number of halogens is 1. The van der Waals surface area contributed by atoms with Gasteiger partial charge in [0.15, 0.2) is 0 Å². The predicted octanol–water partition coefficient (Wildman–Crippen LogP) is 4.26. The van der Waals surface area contributed by atoms with Crippen molar-refractivity contribution in [2.75, 3.05) is 15.9 Å². The molecule has 5 nitrogen and oxygen atoms in total. The van der Waals surface area contributed by atoms with Gasteiger partial charge in [-0.25, -0.2) is 8.42 Å². The van der Waals surface area contributed by atoms with E-state index in [-0.39, 0.29) is 0 Å². The summed E-state index contributed by atoms with van der Waals surface area (Å²) in [5.74, 6) is -0.0213. The van der Waals surface area contributed by atoms with Crippen LogP contribution in [0.3, 0.4) is 0 Å². The van der Waals surface area contributed by atoms with E-state index in [4.69, 9.17) is 11.6 Å². The van der Waals surface area contributed by atoms with Gasteiger partial charge >= 0.3 is 0 Å². The zero-order chi connectivity index (χ0) is 19.5. The molecule has 1 unspecified atom stereocenters. The quantitative estimate of drug-likeness (QED) is 0.796. The molecule has 1 atom stereocenters. The average Bonchev–Trinajstić information content (AvgIpc) is 2.56. The van der Waals surface area contributed by atoms with E-state index in [1.165, 1.54) is 0 Å². The van der Waals surface area contributed by atoms with Crippen molar-refractivity contribution in [3.63, 3.8) is 0 Å². The standard InChI is InChI=1S/C19H23ClN2O3S/c1-13(2)15-5-9-17(10-6-15)21-19(23)14(3)22(26(4,24)25)18-11-7-16(20)8-12-18/h5-14H,1-4H3,(H,21,23). The lowest BCUT2D eigenvalue weighted by atomic mass is 10.0. The van der Waals surface area contributed by atoms with E-state index >= 15 is 0 Å². The Balaban J connectivity index is 2.23. The summed E-state index contributed by atoms with van der Waals surface area (Å²) < 4.78 is 25.6. The van der Waals surface area contributed by atoms with Gasteiger partial charge in [0, 0.05) is 10.7 Å².